The third kappa shape index (κ3) is 5.38. The summed E-state index contributed by atoms with van der Waals surface area (Å²) in [6.07, 6.45) is 0.791. The molecule has 0 fully saturated rings. The van der Waals surface area contributed by atoms with E-state index < -0.39 is 18.8 Å². The van der Waals surface area contributed by atoms with Crippen LogP contribution in [0.5, 0.6) is 0 Å². The zero-order valence-corrected chi connectivity index (χ0v) is 12.3. The van der Waals surface area contributed by atoms with Gasteiger partial charge < -0.3 is 13.8 Å². The number of ether oxygens (including phenoxy) is 1. The van der Waals surface area contributed by atoms with Crippen LogP contribution in [0.2, 0.25) is 0 Å². The Morgan fingerprint density at radius 3 is 2.50 bits per heavy atom. The molecule has 0 aromatic carbocycles. The van der Waals surface area contributed by atoms with Gasteiger partial charge in [-0.3, -0.25) is 14.3 Å². The highest BCUT2D eigenvalue weighted by atomic mass is 31.2. The lowest BCUT2D eigenvalue weighted by atomic mass is 10.7. The first-order valence-corrected chi connectivity index (χ1v) is 7.86. The molecule has 1 heterocycles. The molecule has 114 valence electrons. The fourth-order valence-electron chi connectivity index (χ4n) is 1.37. The third-order valence-electron chi connectivity index (χ3n) is 2.13. The molecule has 0 radical (unpaired) electrons. The van der Waals surface area contributed by atoms with Crippen molar-refractivity contribution in [1.82, 2.24) is 14.8 Å². The second-order valence-electron chi connectivity index (χ2n) is 3.65. The number of nitrogens with one attached hydrogen (secondary N) is 1. The fraction of sp³-hybridized carbons (Fsp3) is 0.700. The Morgan fingerprint density at radius 2 is 1.95 bits per heavy atom. The number of rotatable bonds is 9. The smallest absolute Gasteiger partial charge is 0.356 e. The molecule has 1 aromatic heterocycles. The number of hydrogen-bond donors (Lipinski definition) is 1. The molecule has 0 bridgehead atoms. The van der Waals surface area contributed by atoms with E-state index in [4.69, 9.17) is 13.8 Å². The summed E-state index contributed by atoms with van der Waals surface area (Å²) in [4.78, 5) is 24.2. The molecule has 0 saturated heterocycles. The van der Waals surface area contributed by atoms with Crippen LogP contribution in [0.1, 0.15) is 13.8 Å². The van der Waals surface area contributed by atoms with Crippen molar-refractivity contribution in [2.45, 2.75) is 20.4 Å². The van der Waals surface area contributed by atoms with E-state index in [0.29, 0.717) is 0 Å². The summed E-state index contributed by atoms with van der Waals surface area (Å²) >= 11 is 0. The summed E-state index contributed by atoms with van der Waals surface area (Å²) in [5.74, 6) is 0. The second-order valence-corrected chi connectivity index (χ2v) is 5.64. The quantitative estimate of drug-likeness (QED) is 0.511. The summed E-state index contributed by atoms with van der Waals surface area (Å²) < 4.78 is 28.3. The minimum Gasteiger partial charge on any atom is -0.367 e. The van der Waals surface area contributed by atoms with Crippen molar-refractivity contribution in [3.05, 3.63) is 27.0 Å². The van der Waals surface area contributed by atoms with Crippen LogP contribution in [0.15, 0.2) is 15.8 Å². The maximum absolute atomic E-state index is 12.0. The molecular formula is C10H18N3O6P. The average molecular weight is 307 g/mol. The van der Waals surface area contributed by atoms with E-state index in [1.165, 1.54) is 0 Å². The SMILES string of the molecule is CCOP(=O)(COCCn1ncc(=O)[nH]c1=O)OCC. The topological polar surface area (TPSA) is 113 Å². The van der Waals surface area contributed by atoms with Crippen molar-refractivity contribution in [2.75, 3.05) is 26.2 Å². The lowest BCUT2D eigenvalue weighted by Gasteiger charge is -2.16. The summed E-state index contributed by atoms with van der Waals surface area (Å²) in [5.41, 5.74) is -1.19. The van der Waals surface area contributed by atoms with Gasteiger partial charge in [0.1, 0.15) is 12.5 Å². The number of aromatic amines is 1. The van der Waals surface area contributed by atoms with E-state index in [-0.39, 0.29) is 32.7 Å². The van der Waals surface area contributed by atoms with E-state index in [2.05, 4.69) is 10.1 Å². The largest absolute Gasteiger partial charge is 0.367 e. The molecule has 0 spiro atoms. The third-order valence-corrected chi connectivity index (χ3v) is 3.93. The van der Waals surface area contributed by atoms with Gasteiger partial charge in [-0.25, -0.2) is 9.48 Å². The average Bonchev–Trinajstić information content (AvgIpc) is 2.37. The number of nitrogens with zero attached hydrogens (tertiary/aromatic N) is 2. The molecule has 0 aliphatic rings. The molecule has 0 saturated carbocycles. The molecule has 0 aliphatic heterocycles. The highest BCUT2D eigenvalue weighted by Crippen LogP contribution is 2.47. The van der Waals surface area contributed by atoms with Crippen LogP contribution in [-0.2, 0) is 24.9 Å². The predicted molar refractivity (Wildman–Crippen MR) is 70.8 cm³/mol. The van der Waals surface area contributed by atoms with Crippen LogP contribution in [0.3, 0.4) is 0 Å². The molecule has 1 rings (SSSR count). The molecule has 1 N–H and O–H groups in total. The maximum Gasteiger partial charge on any atom is 0.356 e. The molecule has 0 atom stereocenters. The van der Waals surface area contributed by atoms with Crippen LogP contribution in [-0.4, -0.2) is 40.9 Å². The van der Waals surface area contributed by atoms with Crippen molar-refractivity contribution in [3.63, 3.8) is 0 Å². The summed E-state index contributed by atoms with van der Waals surface area (Å²) in [7, 11) is -3.25. The number of aromatic nitrogens is 3. The molecule has 0 unspecified atom stereocenters. The first-order valence-electron chi connectivity index (χ1n) is 6.13. The lowest BCUT2D eigenvalue weighted by molar-refractivity contribution is 0.123. The monoisotopic (exact) mass is 307 g/mol. The maximum atomic E-state index is 12.0. The van der Waals surface area contributed by atoms with Crippen molar-refractivity contribution in [2.24, 2.45) is 0 Å². The van der Waals surface area contributed by atoms with E-state index in [9.17, 15) is 14.2 Å². The van der Waals surface area contributed by atoms with Gasteiger partial charge in [0.15, 0.2) is 0 Å². The zero-order valence-electron chi connectivity index (χ0n) is 11.4. The van der Waals surface area contributed by atoms with Crippen LogP contribution in [0.25, 0.3) is 0 Å². The standard InChI is InChI=1S/C10H18N3O6P/c1-3-18-20(16,19-4-2)8-17-6-5-13-10(15)12-9(14)7-11-13/h7H,3-6,8H2,1-2H3,(H,12,14,15). The molecule has 20 heavy (non-hydrogen) atoms. The van der Waals surface area contributed by atoms with Crippen LogP contribution in [0, 0.1) is 0 Å². The Morgan fingerprint density at radius 1 is 1.30 bits per heavy atom. The Balaban J connectivity index is 2.46. The van der Waals surface area contributed by atoms with Crippen LogP contribution in [0.4, 0.5) is 0 Å². The van der Waals surface area contributed by atoms with Crippen LogP contribution >= 0.6 is 7.60 Å². The molecule has 9 nitrogen and oxygen atoms in total. The molecule has 1 aromatic rings. The number of hydrogen-bond acceptors (Lipinski definition) is 7. The molecule has 0 amide bonds. The van der Waals surface area contributed by atoms with E-state index in [0.717, 1.165) is 10.9 Å². The summed E-state index contributed by atoms with van der Waals surface area (Å²) in [5, 5.41) is 3.63. The van der Waals surface area contributed by atoms with Gasteiger partial charge in [-0.2, -0.15) is 5.10 Å². The Labute approximate surface area is 115 Å². The molecule has 0 aliphatic carbocycles. The minimum atomic E-state index is -3.25. The van der Waals surface area contributed by atoms with Crippen molar-refractivity contribution >= 4 is 7.60 Å². The van der Waals surface area contributed by atoms with E-state index in [1.807, 2.05) is 0 Å². The van der Waals surface area contributed by atoms with Crippen molar-refractivity contribution in [3.8, 4) is 0 Å². The van der Waals surface area contributed by atoms with E-state index >= 15 is 0 Å². The minimum absolute atomic E-state index is 0.0864. The lowest BCUT2D eigenvalue weighted by Crippen LogP contribution is -2.32. The summed E-state index contributed by atoms with van der Waals surface area (Å²) in [6.45, 7) is 4.12. The van der Waals surface area contributed by atoms with Gasteiger partial charge in [-0.05, 0) is 13.8 Å². The van der Waals surface area contributed by atoms with E-state index in [1.54, 1.807) is 13.8 Å². The van der Waals surface area contributed by atoms with Gasteiger partial charge in [-0.15, -0.1) is 0 Å². The van der Waals surface area contributed by atoms with Crippen molar-refractivity contribution in [1.29, 1.82) is 0 Å². The van der Waals surface area contributed by atoms with Gasteiger partial charge >= 0.3 is 13.3 Å². The Kier molecular flexibility index (Phi) is 6.80. The van der Waals surface area contributed by atoms with Crippen LogP contribution < -0.4 is 11.2 Å². The first-order chi connectivity index (χ1) is 9.50. The first kappa shape index (κ1) is 16.8. The van der Waals surface area contributed by atoms with Crippen molar-refractivity contribution < 1.29 is 18.3 Å². The molecule has 10 heteroatoms. The number of H-pyrrole nitrogens is 1. The second kappa shape index (κ2) is 8.11. The normalized spacial score (nSPS) is 11.7. The Bertz CT molecular complexity index is 559. The zero-order chi connectivity index (χ0) is 15.0. The molecular weight excluding hydrogens is 289 g/mol. The fourth-order valence-corrected chi connectivity index (χ4v) is 2.73. The summed E-state index contributed by atoms with van der Waals surface area (Å²) in [6, 6.07) is 0. The van der Waals surface area contributed by atoms with Gasteiger partial charge in [0.25, 0.3) is 5.56 Å². The predicted octanol–water partition coefficient (Wildman–Crippen LogP) is 0.172. The van der Waals surface area contributed by atoms with Gasteiger partial charge in [0.2, 0.25) is 0 Å². The van der Waals surface area contributed by atoms with Gasteiger partial charge in [-0.1, -0.05) is 0 Å². The highest BCUT2D eigenvalue weighted by molar-refractivity contribution is 7.53. The van der Waals surface area contributed by atoms with Gasteiger partial charge in [0.05, 0.1) is 26.4 Å². The Hall–Kier alpha value is -1.28. The van der Waals surface area contributed by atoms with Gasteiger partial charge in [0, 0.05) is 0 Å². The highest BCUT2D eigenvalue weighted by Gasteiger charge is 2.23.